The third-order valence-corrected chi connectivity index (χ3v) is 2.20. The number of carboxylic acids is 2. The number of carboxylic acid groups (broad SMARTS) is 2. The molecule has 8 heteroatoms. The van der Waals surface area contributed by atoms with E-state index in [1.165, 1.54) is 0 Å². The molecule has 0 spiro atoms. The number of hydrogen-bond donors (Lipinski definition) is 3. The number of nitrogens with one attached hydrogen (secondary N) is 1. The third-order valence-electron chi connectivity index (χ3n) is 2.20. The molecule has 0 heterocycles. The zero-order valence-corrected chi connectivity index (χ0v) is 11.5. The van der Waals surface area contributed by atoms with Crippen molar-refractivity contribution < 1.29 is 29.3 Å². The maximum Gasteiger partial charge on any atom is 0.408 e. The maximum atomic E-state index is 11.5. The summed E-state index contributed by atoms with van der Waals surface area (Å²) in [7, 11) is 0. The highest BCUT2D eigenvalue weighted by Gasteiger charge is 2.29. The van der Waals surface area contributed by atoms with Gasteiger partial charge in [0.15, 0.2) is 0 Å². The molecule has 0 aliphatic carbocycles. The molecular formula is C12H18N2O6. The molecule has 0 fully saturated rings. The van der Waals surface area contributed by atoms with Gasteiger partial charge in [-0.1, -0.05) is 0 Å². The number of alkyl carbamates (subject to hydrolysis) is 1. The van der Waals surface area contributed by atoms with Crippen molar-refractivity contribution in [1.29, 1.82) is 5.26 Å². The van der Waals surface area contributed by atoms with E-state index in [2.05, 4.69) is 5.32 Å². The number of hydrogen-bond acceptors (Lipinski definition) is 5. The minimum atomic E-state index is -1.43. The van der Waals surface area contributed by atoms with E-state index in [0.717, 1.165) is 0 Å². The molecule has 0 aromatic carbocycles. The number of ether oxygens (including phenoxy) is 1. The van der Waals surface area contributed by atoms with Crippen LogP contribution in [0.2, 0.25) is 0 Å². The van der Waals surface area contributed by atoms with E-state index in [-0.39, 0.29) is 6.42 Å². The van der Waals surface area contributed by atoms with Gasteiger partial charge in [0.05, 0.1) is 12.0 Å². The molecule has 0 bridgehead atoms. The van der Waals surface area contributed by atoms with Crippen molar-refractivity contribution in [2.45, 2.75) is 45.3 Å². The molecule has 8 nitrogen and oxygen atoms in total. The number of carbonyl (C=O) groups is 3. The Morgan fingerprint density at radius 3 is 2.15 bits per heavy atom. The summed E-state index contributed by atoms with van der Waals surface area (Å²) >= 11 is 0. The zero-order chi connectivity index (χ0) is 15.9. The van der Waals surface area contributed by atoms with Crippen molar-refractivity contribution in [3.63, 3.8) is 0 Å². The fraction of sp³-hybridized carbons (Fsp3) is 0.667. The molecule has 112 valence electrons. The first-order valence-electron chi connectivity index (χ1n) is 5.89. The van der Waals surface area contributed by atoms with Crippen LogP contribution in [-0.2, 0) is 14.3 Å². The van der Waals surface area contributed by atoms with Crippen LogP contribution < -0.4 is 5.32 Å². The van der Waals surface area contributed by atoms with E-state index in [4.69, 9.17) is 20.2 Å². The predicted molar refractivity (Wildman–Crippen MR) is 66.8 cm³/mol. The molecule has 0 aromatic rings. The average Bonchev–Trinajstić information content (AvgIpc) is 2.24. The lowest BCUT2D eigenvalue weighted by atomic mass is 9.97. The Balaban J connectivity index is 4.74. The first-order valence-corrected chi connectivity index (χ1v) is 5.89. The second kappa shape index (κ2) is 7.33. The first-order chi connectivity index (χ1) is 9.06. The van der Waals surface area contributed by atoms with Crippen LogP contribution in [0.5, 0.6) is 0 Å². The topological polar surface area (TPSA) is 137 Å². The van der Waals surface area contributed by atoms with Gasteiger partial charge in [-0.2, -0.15) is 5.26 Å². The maximum absolute atomic E-state index is 11.5. The minimum absolute atomic E-state index is 0.338. The number of nitriles is 1. The first kappa shape index (κ1) is 17.7. The van der Waals surface area contributed by atoms with Gasteiger partial charge >= 0.3 is 18.0 Å². The molecule has 0 saturated carbocycles. The van der Waals surface area contributed by atoms with Crippen molar-refractivity contribution in [3.05, 3.63) is 0 Å². The van der Waals surface area contributed by atoms with Gasteiger partial charge in [-0.05, 0) is 27.2 Å². The second-order valence-electron chi connectivity index (χ2n) is 5.17. The summed E-state index contributed by atoms with van der Waals surface area (Å²) < 4.78 is 4.89. The van der Waals surface area contributed by atoms with E-state index in [9.17, 15) is 14.4 Å². The molecular weight excluding hydrogens is 268 g/mol. The monoisotopic (exact) mass is 286 g/mol. The van der Waals surface area contributed by atoms with Crippen LogP contribution in [0.4, 0.5) is 4.79 Å². The van der Waals surface area contributed by atoms with Gasteiger partial charge in [0.1, 0.15) is 11.6 Å². The largest absolute Gasteiger partial charge is 0.481 e. The molecule has 2 unspecified atom stereocenters. The number of amides is 1. The third kappa shape index (κ3) is 7.20. The van der Waals surface area contributed by atoms with E-state index in [1.54, 1.807) is 26.8 Å². The lowest BCUT2D eigenvalue weighted by molar-refractivity contribution is -0.144. The van der Waals surface area contributed by atoms with E-state index in [0.29, 0.717) is 0 Å². The summed E-state index contributed by atoms with van der Waals surface area (Å²) in [5.74, 6) is -3.85. The summed E-state index contributed by atoms with van der Waals surface area (Å²) in [6.07, 6.45) is -1.68. The van der Waals surface area contributed by atoms with Gasteiger partial charge < -0.3 is 20.3 Å². The molecule has 3 N–H and O–H groups in total. The van der Waals surface area contributed by atoms with Gasteiger partial charge in [-0.25, -0.2) is 9.59 Å². The number of aliphatic carboxylic acids is 2. The smallest absolute Gasteiger partial charge is 0.408 e. The fourth-order valence-corrected chi connectivity index (χ4v) is 1.34. The molecule has 0 aromatic heterocycles. The Kier molecular flexibility index (Phi) is 6.49. The van der Waals surface area contributed by atoms with Crippen molar-refractivity contribution in [2.24, 2.45) is 5.92 Å². The van der Waals surface area contributed by atoms with Crippen LogP contribution in [0.3, 0.4) is 0 Å². The van der Waals surface area contributed by atoms with Crippen LogP contribution in [0, 0.1) is 17.2 Å². The molecule has 0 aliphatic heterocycles. The predicted octanol–water partition coefficient (Wildman–Crippen LogP) is 0.969. The number of carbonyl (C=O) groups excluding carboxylic acids is 1. The highest BCUT2D eigenvalue weighted by Crippen LogP contribution is 2.13. The Hall–Kier alpha value is -2.30. The Morgan fingerprint density at radius 2 is 1.80 bits per heavy atom. The molecule has 20 heavy (non-hydrogen) atoms. The Morgan fingerprint density at radius 1 is 1.25 bits per heavy atom. The molecule has 0 rings (SSSR count). The summed E-state index contributed by atoms with van der Waals surface area (Å²) in [6.45, 7) is 4.83. The van der Waals surface area contributed by atoms with Crippen LogP contribution >= 0.6 is 0 Å². The molecule has 0 saturated heterocycles. The summed E-state index contributed by atoms with van der Waals surface area (Å²) in [6, 6.07) is 0.236. The van der Waals surface area contributed by atoms with Crippen molar-refractivity contribution in [1.82, 2.24) is 5.32 Å². The zero-order valence-electron chi connectivity index (χ0n) is 11.5. The van der Waals surface area contributed by atoms with Crippen LogP contribution in [0.1, 0.15) is 33.6 Å². The average molecular weight is 286 g/mol. The summed E-state index contributed by atoms with van der Waals surface area (Å²) in [5.41, 5.74) is -0.800. The molecule has 0 aliphatic rings. The second-order valence-corrected chi connectivity index (χ2v) is 5.17. The van der Waals surface area contributed by atoms with Gasteiger partial charge in [0.2, 0.25) is 0 Å². The molecule has 0 radical (unpaired) electrons. The van der Waals surface area contributed by atoms with Gasteiger partial charge in [-0.3, -0.25) is 4.79 Å². The lowest BCUT2D eigenvalue weighted by Crippen LogP contribution is -2.45. The van der Waals surface area contributed by atoms with Crippen LogP contribution in [0.15, 0.2) is 0 Å². The Labute approximate surface area is 116 Å². The van der Waals surface area contributed by atoms with Crippen LogP contribution in [0.25, 0.3) is 0 Å². The standard InChI is InChI=1S/C12H18N2O6/c1-12(2,3)20-11(19)14-8(10(17)18)6-7(4-5-13)9(15)16/h7-8H,4,6H2,1-3H3,(H,14,19)(H,15,16)(H,17,18). The highest BCUT2D eigenvalue weighted by molar-refractivity contribution is 5.81. The fourth-order valence-electron chi connectivity index (χ4n) is 1.34. The summed E-state index contributed by atoms with van der Waals surface area (Å²) in [5, 5.41) is 28.4. The number of rotatable bonds is 6. The van der Waals surface area contributed by atoms with E-state index < -0.39 is 42.0 Å². The molecule has 1 amide bonds. The SMILES string of the molecule is CC(C)(C)OC(=O)NC(CC(CC#N)C(=O)O)C(=O)O. The number of nitrogens with zero attached hydrogens (tertiary/aromatic N) is 1. The normalized spacial score (nSPS) is 13.7. The van der Waals surface area contributed by atoms with Crippen molar-refractivity contribution >= 4 is 18.0 Å². The highest BCUT2D eigenvalue weighted by atomic mass is 16.6. The minimum Gasteiger partial charge on any atom is -0.481 e. The lowest BCUT2D eigenvalue weighted by Gasteiger charge is -2.22. The van der Waals surface area contributed by atoms with Crippen LogP contribution in [-0.4, -0.2) is 39.9 Å². The summed E-state index contributed by atoms with van der Waals surface area (Å²) in [4.78, 5) is 33.4. The molecule has 2 atom stereocenters. The van der Waals surface area contributed by atoms with Crippen molar-refractivity contribution in [2.75, 3.05) is 0 Å². The van der Waals surface area contributed by atoms with Gasteiger partial charge in [-0.15, -0.1) is 0 Å². The van der Waals surface area contributed by atoms with Crippen molar-refractivity contribution in [3.8, 4) is 6.07 Å². The van der Waals surface area contributed by atoms with E-state index >= 15 is 0 Å². The Bertz CT molecular complexity index is 421. The van der Waals surface area contributed by atoms with Gasteiger partial charge in [0, 0.05) is 6.42 Å². The van der Waals surface area contributed by atoms with E-state index in [1.807, 2.05) is 0 Å². The quantitative estimate of drug-likeness (QED) is 0.661. The van der Waals surface area contributed by atoms with Gasteiger partial charge in [0.25, 0.3) is 0 Å².